The number of hydrogen-bond donors (Lipinski definition) is 0. The zero-order chi connectivity index (χ0) is 40.3. The largest absolute Gasteiger partial charge is 0.309 e. The van der Waals surface area contributed by atoms with Gasteiger partial charge in [0, 0.05) is 33.2 Å². The zero-order valence-electron chi connectivity index (χ0n) is 33.1. The van der Waals surface area contributed by atoms with E-state index in [1.54, 1.807) is 0 Å². The lowest BCUT2D eigenvalue weighted by atomic mass is 9.94. The summed E-state index contributed by atoms with van der Waals surface area (Å²) in [5.74, 6) is 1.92. The topological polar surface area (TPSA) is 43.6 Å². The van der Waals surface area contributed by atoms with Gasteiger partial charge in [0.25, 0.3) is 0 Å². The maximum atomic E-state index is 5.03. The maximum Gasteiger partial charge on any atom is 0.164 e. The van der Waals surface area contributed by atoms with Crippen molar-refractivity contribution < 1.29 is 0 Å². The average Bonchev–Trinajstić information content (AvgIpc) is 3.68. The highest BCUT2D eigenvalue weighted by atomic mass is 15.0. The Kier molecular flexibility index (Phi) is 8.13. The molecule has 0 radical (unpaired) electrons. The van der Waals surface area contributed by atoms with Crippen LogP contribution < -0.4 is 0 Å². The van der Waals surface area contributed by atoms with Crippen LogP contribution in [0.15, 0.2) is 218 Å². The van der Waals surface area contributed by atoms with E-state index >= 15 is 0 Å². The molecule has 284 valence electrons. The molecule has 0 aliphatic heterocycles. The lowest BCUT2D eigenvalue weighted by molar-refractivity contribution is 1.07. The van der Waals surface area contributed by atoms with Crippen molar-refractivity contribution >= 4 is 54.1 Å². The molecule has 0 aliphatic rings. The van der Waals surface area contributed by atoms with E-state index in [1.165, 1.54) is 65.3 Å². The van der Waals surface area contributed by atoms with E-state index in [4.69, 9.17) is 15.0 Å². The first kappa shape index (κ1) is 34.8. The Morgan fingerprint density at radius 1 is 0.279 bits per heavy atom. The summed E-state index contributed by atoms with van der Waals surface area (Å²) in [5, 5.41) is 9.89. The van der Waals surface area contributed by atoms with Crippen LogP contribution in [0.5, 0.6) is 0 Å². The van der Waals surface area contributed by atoms with Crippen molar-refractivity contribution in [1.82, 2.24) is 19.5 Å². The summed E-state index contributed by atoms with van der Waals surface area (Å²) < 4.78 is 2.37. The molecule has 10 aromatic carbocycles. The van der Waals surface area contributed by atoms with Gasteiger partial charge in [-0.05, 0) is 97.0 Å². The van der Waals surface area contributed by atoms with E-state index < -0.39 is 0 Å². The van der Waals surface area contributed by atoms with Crippen LogP contribution in [0.4, 0.5) is 0 Å². The third kappa shape index (κ3) is 6.04. The van der Waals surface area contributed by atoms with Crippen LogP contribution in [-0.4, -0.2) is 19.5 Å². The molecule has 4 nitrogen and oxygen atoms in total. The highest BCUT2D eigenvalue weighted by Gasteiger charge is 2.18. The Labute approximate surface area is 352 Å². The van der Waals surface area contributed by atoms with Gasteiger partial charge in [0.2, 0.25) is 0 Å². The first-order chi connectivity index (χ1) is 30.2. The standard InChI is InChI=1S/C57H36N4/c1-3-14-38(15-4-1)55-58-56(39-16-5-2-6-17-39)60-57(59-55)46-19-11-20-47(36-46)61-52-24-10-9-22-51(52)54-50-31-29-43(35-45(50)30-32-53(54)61)40-25-26-42-34-44(28-27-41(42)33-40)49-23-12-18-37-13-7-8-21-48(37)49/h1-36H. The van der Waals surface area contributed by atoms with Crippen LogP contribution in [0.2, 0.25) is 0 Å². The molecular weight excluding hydrogens is 741 g/mol. The van der Waals surface area contributed by atoms with Crippen LogP contribution in [0.1, 0.15) is 0 Å². The molecule has 0 aliphatic carbocycles. The van der Waals surface area contributed by atoms with Crippen molar-refractivity contribution in [2.45, 2.75) is 0 Å². The molecule has 0 saturated heterocycles. The van der Waals surface area contributed by atoms with Crippen molar-refractivity contribution in [3.8, 4) is 62.1 Å². The van der Waals surface area contributed by atoms with Gasteiger partial charge in [0.15, 0.2) is 17.5 Å². The Bertz CT molecular complexity index is 3580. The summed E-state index contributed by atoms with van der Waals surface area (Å²) in [6.45, 7) is 0. The van der Waals surface area contributed by atoms with Gasteiger partial charge in [0.1, 0.15) is 0 Å². The second-order valence-electron chi connectivity index (χ2n) is 15.6. The fourth-order valence-corrected chi connectivity index (χ4v) is 9.05. The van der Waals surface area contributed by atoms with Crippen molar-refractivity contribution in [3.05, 3.63) is 218 Å². The average molecular weight is 777 g/mol. The quantitative estimate of drug-likeness (QED) is 0.169. The lowest BCUT2D eigenvalue weighted by Crippen LogP contribution is -2.01. The second-order valence-corrected chi connectivity index (χ2v) is 15.6. The number of rotatable bonds is 6. The van der Waals surface area contributed by atoms with E-state index in [0.29, 0.717) is 17.5 Å². The van der Waals surface area contributed by atoms with Gasteiger partial charge in [-0.3, -0.25) is 0 Å². The Morgan fingerprint density at radius 3 is 1.57 bits per heavy atom. The molecule has 0 spiro atoms. The number of para-hydroxylation sites is 1. The van der Waals surface area contributed by atoms with Crippen LogP contribution >= 0.6 is 0 Å². The minimum atomic E-state index is 0.632. The molecule has 0 amide bonds. The number of fused-ring (bicyclic) bond motifs is 7. The normalized spacial score (nSPS) is 11.6. The number of benzene rings is 10. The molecule has 0 bridgehead atoms. The van der Waals surface area contributed by atoms with Crippen molar-refractivity contribution in [1.29, 1.82) is 0 Å². The number of hydrogen-bond acceptors (Lipinski definition) is 3. The van der Waals surface area contributed by atoms with Gasteiger partial charge in [-0.15, -0.1) is 0 Å². The summed E-state index contributed by atoms with van der Waals surface area (Å²) in [7, 11) is 0. The Morgan fingerprint density at radius 2 is 0.820 bits per heavy atom. The van der Waals surface area contributed by atoms with Gasteiger partial charge in [-0.1, -0.05) is 176 Å². The van der Waals surface area contributed by atoms with Crippen LogP contribution in [0.25, 0.3) is 116 Å². The van der Waals surface area contributed by atoms with Gasteiger partial charge in [0.05, 0.1) is 11.0 Å². The predicted molar refractivity (Wildman–Crippen MR) is 254 cm³/mol. The minimum Gasteiger partial charge on any atom is -0.309 e. The summed E-state index contributed by atoms with van der Waals surface area (Å²) in [5.41, 5.74) is 11.1. The van der Waals surface area contributed by atoms with Crippen molar-refractivity contribution in [2.75, 3.05) is 0 Å². The second kappa shape index (κ2) is 14.3. The SMILES string of the molecule is c1ccc(-c2nc(-c3ccccc3)nc(-c3cccc(-n4c5ccccc5c5c6ccc(-c7ccc8cc(-c9cccc%10ccccc9%10)ccc8c7)cc6ccc54)c3)n2)cc1. The maximum absolute atomic E-state index is 5.03. The number of nitrogens with zero attached hydrogens (tertiary/aromatic N) is 4. The number of aromatic nitrogens is 4. The van der Waals surface area contributed by atoms with Gasteiger partial charge < -0.3 is 4.57 Å². The molecule has 4 heteroatoms. The zero-order valence-corrected chi connectivity index (χ0v) is 33.1. The van der Waals surface area contributed by atoms with Gasteiger partial charge >= 0.3 is 0 Å². The highest BCUT2D eigenvalue weighted by molar-refractivity contribution is 6.21. The van der Waals surface area contributed by atoms with E-state index in [9.17, 15) is 0 Å². The van der Waals surface area contributed by atoms with Gasteiger partial charge in [-0.2, -0.15) is 0 Å². The van der Waals surface area contributed by atoms with E-state index in [0.717, 1.165) is 33.4 Å². The molecule has 61 heavy (non-hydrogen) atoms. The molecule has 0 unspecified atom stereocenters. The first-order valence-electron chi connectivity index (χ1n) is 20.7. The minimum absolute atomic E-state index is 0.632. The first-order valence-corrected chi connectivity index (χ1v) is 20.7. The lowest BCUT2D eigenvalue weighted by Gasteiger charge is -2.12. The fourth-order valence-electron chi connectivity index (χ4n) is 9.05. The van der Waals surface area contributed by atoms with Crippen molar-refractivity contribution in [2.24, 2.45) is 0 Å². The molecule has 12 aromatic rings. The summed E-state index contributed by atoms with van der Waals surface area (Å²) in [6, 6.07) is 77.8. The van der Waals surface area contributed by atoms with E-state index in [-0.39, 0.29) is 0 Å². The summed E-state index contributed by atoms with van der Waals surface area (Å²) in [4.78, 5) is 15.0. The van der Waals surface area contributed by atoms with Crippen LogP contribution in [-0.2, 0) is 0 Å². The molecular formula is C57H36N4. The third-order valence-corrected chi connectivity index (χ3v) is 12.0. The van der Waals surface area contributed by atoms with Gasteiger partial charge in [-0.25, -0.2) is 15.0 Å². The molecule has 0 N–H and O–H groups in total. The summed E-state index contributed by atoms with van der Waals surface area (Å²) >= 11 is 0. The fraction of sp³-hybridized carbons (Fsp3) is 0. The highest BCUT2D eigenvalue weighted by Crippen LogP contribution is 2.39. The molecule has 2 heterocycles. The Balaban J connectivity index is 0.942. The summed E-state index contributed by atoms with van der Waals surface area (Å²) in [6.07, 6.45) is 0. The molecule has 0 fully saturated rings. The molecule has 0 atom stereocenters. The third-order valence-electron chi connectivity index (χ3n) is 12.0. The van der Waals surface area contributed by atoms with E-state index in [2.05, 4.69) is 162 Å². The monoisotopic (exact) mass is 776 g/mol. The van der Waals surface area contributed by atoms with Crippen LogP contribution in [0.3, 0.4) is 0 Å². The molecule has 12 rings (SSSR count). The smallest absolute Gasteiger partial charge is 0.164 e. The van der Waals surface area contributed by atoms with E-state index in [1.807, 2.05) is 60.7 Å². The predicted octanol–water partition coefficient (Wildman–Crippen LogP) is 14.8. The Hall–Kier alpha value is -8.21. The molecule has 2 aromatic heterocycles. The molecule has 0 saturated carbocycles. The van der Waals surface area contributed by atoms with Crippen molar-refractivity contribution in [3.63, 3.8) is 0 Å². The van der Waals surface area contributed by atoms with Crippen LogP contribution in [0, 0.1) is 0 Å².